The van der Waals surface area contributed by atoms with E-state index in [1.165, 1.54) is 6.42 Å². The molecular formula is C11H18ClNO2. The van der Waals surface area contributed by atoms with Crippen LogP contribution < -0.4 is 0 Å². The van der Waals surface area contributed by atoms with Gasteiger partial charge in [0.05, 0.1) is 6.61 Å². The number of hydrogen-bond donors (Lipinski definition) is 1. The molecule has 1 saturated heterocycles. The molecule has 0 aromatic carbocycles. The molecule has 1 aliphatic heterocycles. The molecule has 1 saturated carbocycles. The van der Waals surface area contributed by atoms with Crippen LogP contribution in [-0.4, -0.2) is 41.5 Å². The Morgan fingerprint density at radius 2 is 2.40 bits per heavy atom. The third kappa shape index (κ3) is 1.87. The van der Waals surface area contributed by atoms with Crippen LogP contribution in [-0.2, 0) is 4.79 Å². The quantitative estimate of drug-likeness (QED) is 0.743. The van der Waals surface area contributed by atoms with Crippen LogP contribution in [0.1, 0.15) is 25.7 Å². The molecule has 0 spiro atoms. The topological polar surface area (TPSA) is 40.5 Å². The van der Waals surface area contributed by atoms with Gasteiger partial charge in [-0.05, 0) is 18.8 Å². The summed E-state index contributed by atoms with van der Waals surface area (Å²) in [6.07, 6.45) is 3.85. The second-order valence-corrected chi connectivity index (χ2v) is 5.20. The predicted octanol–water partition coefficient (Wildman–Crippen LogP) is 1.24. The van der Waals surface area contributed by atoms with Crippen molar-refractivity contribution in [2.45, 2.75) is 25.7 Å². The molecule has 2 atom stereocenters. The highest BCUT2D eigenvalue weighted by molar-refractivity contribution is 6.18. The van der Waals surface area contributed by atoms with Gasteiger partial charge in [-0.3, -0.25) is 4.79 Å². The molecule has 3 nitrogen and oxygen atoms in total. The molecule has 2 rings (SSSR count). The van der Waals surface area contributed by atoms with Gasteiger partial charge in [-0.25, -0.2) is 0 Å². The lowest BCUT2D eigenvalue weighted by molar-refractivity contribution is -0.130. The average molecular weight is 232 g/mol. The van der Waals surface area contributed by atoms with Crippen LogP contribution in [0.5, 0.6) is 0 Å². The zero-order valence-corrected chi connectivity index (χ0v) is 9.67. The van der Waals surface area contributed by atoms with E-state index in [1.54, 1.807) is 0 Å². The minimum atomic E-state index is 0.0158. The lowest BCUT2D eigenvalue weighted by Gasteiger charge is -2.25. The number of carbonyl (C=O) groups is 1. The van der Waals surface area contributed by atoms with Gasteiger partial charge in [-0.15, -0.1) is 11.6 Å². The number of halogens is 1. The van der Waals surface area contributed by atoms with Crippen LogP contribution in [0.25, 0.3) is 0 Å². The van der Waals surface area contributed by atoms with E-state index in [2.05, 4.69) is 0 Å². The maximum atomic E-state index is 11.7. The first kappa shape index (κ1) is 11.2. The second kappa shape index (κ2) is 4.30. The number of amides is 1. The van der Waals surface area contributed by atoms with Gasteiger partial charge in [0.15, 0.2) is 0 Å². The third-order valence-electron chi connectivity index (χ3n) is 4.02. The SMILES string of the molecule is O=C(CCCl)N1C[C@H]2CCC[C@@]2(CO)C1. The number of likely N-dealkylation sites (tertiary alicyclic amines) is 1. The van der Waals surface area contributed by atoms with Gasteiger partial charge in [-0.2, -0.15) is 0 Å². The van der Waals surface area contributed by atoms with E-state index in [1.807, 2.05) is 4.90 Å². The summed E-state index contributed by atoms with van der Waals surface area (Å²) in [5.74, 6) is 1.06. The monoisotopic (exact) mass is 231 g/mol. The summed E-state index contributed by atoms with van der Waals surface area (Å²) in [4.78, 5) is 13.6. The molecule has 0 unspecified atom stereocenters. The summed E-state index contributed by atoms with van der Waals surface area (Å²) in [6.45, 7) is 1.79. The van der Waals surface area contributed by atoms with Crippen LogP contribution in [0.3, 0.4) is 0 Å². The van der Waals surface area contributed by atoms with E-state index < -0.39 is 0 Å². The third-order valence-corrected chi connectivity index (χ3v) is 4.20. The number of hydrogen-bond acceptors (Lipinski definition) is 2. The first-order valence-electron chi connectivity index (χ1n) is 5.66. The fraction of sp³-hybridized carbons (Fsp3) is 0.909. The lowest BCUT2D eigenvalue weighted by Crippen LogP contribution is -2.34. The van der Waals surface area contributed by atoms with Gasteiger partial charge in [0.25, 0.3) is 0 Å². The molecule has 1 aliphatic carbocycles. The standard InChI is InChI=1S/C11H18ClNO2/c12-5-3-10(15)13-6-9-2-1-4-11(9,7-13)8-14/h9,14H,1-8H2/t9-,11+/m1/s1. The van der Waals surface area contributed by atoms with Gasteiger partial charge in [0.1, 0.15) is 0 Å². The van der Waals surface area contributed by atoms with Crippen molar-refractivity contribution in [2.24, 2.45) is 11.3 Å². The summed E-state index contributed by atoms with van der Waals surface area (Å²) < 4.78 is 0. The summed E-state index contributed by atoms with van der Waals surface area (Å²) in [7, 11) is 0. The van der Waals surface area contributed by atoms with Crippen LogP contribution in [0.15, 0.2) is 0 Å². The van der Waals surface area contributed by atoms with Crippen LogP contribution in [0.2, 0.25) is 0 Å². The van der Waals surface area contributed by atoms with Crippen molar-refractivity contribution in [3.8, 4) is 0 Å². The zero-order chi connectivity index (χ0) is 10.9. The number of aliphatic hydroxyl groups is 1. The molecule has 86 valence electrons. The maximum absolute atomic E-state index is 11.7. The van der Waals surface area contributed by atoms with Crippen molar-refractivity contribution >= 4 is 17.5 Å². The molecule has 2 aliphatic rings. The summed E-state index contributed by atoms with van der Waals surface area (Å²) in [6, 6.07) is 0. The molecule has 2 fully saturated rings. The number of aliphatic hydroxyl groups excluding tert-OH is 1. The largest absolute Gasteiger partial charge is 0.396 e. The van der Waals surface area contributed by atoms with Crippen molar-refractivity contribution in [2.75, 3.05) is 25.6 Å². The highest BCUT2D eigenvalue weighted by Gasteiger charge is 2.49. The van der Waals surface area contributed by atoms with Gasteiger partial charge in [-0.1, -0.05) is 6.42 Å². The predicted molar refractivity (Wildman–Crippen MR) is 58.8 cm³/mol. The number of rotatable bonds is 3. The van der Waals surface area contributed by atoms with Crippen molar-refractivity contribution in [1.82, 2.24) is 4.90 Å². The molecule has 0 aromatic rings. The molecule has 4 heteroatoms. The Kier molecular flexibility index (Phi) is 3.21. The van der Waals surface area contributed by atoms with Gasteiger partial charge in [0, 0.05) is 30.8 Å². The molecule has 1 N–H and O–H groups in total. The fourth-order valence-corrected chi connectivity index (χ4v) is 3.26. The van der Waals surface area contributed by atoms with Gasteiger partial charge in [0.2, 0.25) is 5.91 Å². The number of carbonyl (C=O) groups excluding carboxylic acids is 1. The van der Waals surface area contributed by atoms with Crippen LogP contribution >= 0.6 is 11.6 Å². The molecule has 15 heavy (non-hydrogen) atoms. The minimum Gasteiger partial charge on any atom is -0.396 e. The highest BCUT2D eigenvalue weighted by Crippen LogP contribution is 2.48. The Balaban J connectivity index is 2.01. The van der Waals surface area contributed by atoms with E-state index in [0.29, 0.717) is 18.2 Å². The first-order valence-corrected chi connectivity index (χ1v) is 6.20. The average Bonchev–Trinajstić information content (AvgIpc) is 2.73. The Labute approximate surface area is 95.4 Å². The molecule has 1 amide bonds. The van der Waals surface area contributed by atoms with E-state index in [4.69, 9.17) is 11.6 Å². The summed E-state index contributed by atoms with van der Waals surface area (Å²) in [5.41, 5.74) is 0.0158. The number of nitrogens with zero attached hydrogens (tertiary/aromatic N) is 1. The fourth-order valence-electron chi connectivity index (χ4n) is 3.10. The molecule has 0 aromatic heterocycles. The van der Waals surface area contributed by atoms with Gasteiger partial charge >= 0.3 is 0 Å². The Morgan fingerprint density at radius 3 is 3.00 bits per heavy atom. The number of alkyl halides is 1. The Morgan fingerprint density at radius 1 is 1.60 bits per heavy atom. The smallest absolute Gasteiger partial charge is 0.223 e. The van der Waals surface area contributed by atoms with Crippen molar-refractivity contribution in [3.63, 3.8) is 0 Å². The summed E-state index contributed by atoms with van der Waals surface area (Å²) >= 11 is 5.57. The lowest BCUT2D eigenvalue weighted by atomic mass is 9.82. The molecular weight excluding hydrogens is 214 g/mol. The molecule has 0 bridgehead atoms. The molecule has 0 radical (unpaired) electrons. The molecule has 1 heterocycles. The Bertz CT molecular complexity index is 259. The van der Waals surface area contributed by atoms with E-state index in [-0.39, 0.29) is 17.9 Å². The maximum Gasteiger partial charge on any atom is 0.223 e. The van der Waals surface area contributed by atoms with Crippen LogP contribution in [0.4, 0.5) is 0 Å². The minimum absolute atomic E-state index is 0.0158. The summed E-state index contributed by atoms with van der Waals surface area (Å²) in [5, 5.41) is 9.49. The second-order valence-electron chi connectivity index (χ2n) is 4.82. The number of fused-ring (bicyclic) bond motifs is 1. The van der Waals surface area contributed by atoms with Crippen molar-refractivity contribution in [3.05, 3.63) is 0 Å². The van der Waals surface area contributed by atoms with E-state index in [0.717, 1.165) is 25.9 Å². The zero-order valence-electron chi connectivity index (χ0n) is 8.91. The normalized spacial score (nSPS) is 34.5. The van der Waals surface area contributed by atoms with Crippen molar-refractivity contribution < 1.29 is 9.90 Å². The first-order chi connectivity index (χ1) is 7.22. The highest BCUT2D eigenvalue weighted by atomic mass is 35.5. The van der Waals surface area contributed by atoms with Gasteiger partial charge < -0.3 is 10.0 Å². The van der Waals surface area contributed by atoms with Crippen molar-refractivity contribution in [1.29, 1.82) is 0 Å². The van der Waals surface area contributed by atoms with Crippen LogP contribution in [0, 0.1) is 11.3 Å². The Hall–Kier alpha value is -0.280. The van der Waals surface area contributed by atoms with E-state index in [9.17, 15) is 9.90 Å². The van der Waals surface area contributed by atoms with E-state index >= 15 is 0 Å².